The first-order valence-corrected chi connectivity index (χ1v) is 6.75. The standard InChI is InChI=1S/C10H20N2O2S/c1-10(2,3)11-8-9(13)12-4-6-15(14)7-5-12/h11H,4-8H2,1-3H3. The van der Waals surface area contributed by atoms with Crippen molar-refractivity contribution >= 4 is 16.7 Å². The van der Waals surface area contributed by atoms with E-state index in [1.807, 2.05) is 20.8 Å². The van der Waals surface area contributed by atoms with E-state index in [1.165, 1.54) is 0 Å². The smallest absolute Gasteiger partial charge is 0.236 e. The lowest BCUT2D eigenvalue weighted by molar-refractivity contribution is -0.130. The van der Waals surface area contributed by atoms with Gasteiger partial charge in [0, 0.05) is 40.9 Å². The fourth-order valence-electron chi connectivity index (χ4n) is 1.34. The van der Waals surface area contributed by atoms with Crippen LogP contribution in [0, 0.1) is 0 Å². The van der Waals surface area contributed by atoms with Gasteiger partial charge in [-0.25, -0.2) is 0 Å². The second-order valence-corrected chi connectivity index (χ2v) is 6.53. The number of hydrogen-bond acceptors (Lipinski definition) is 3. The Morgan fingerprint density at radius 1 is 1.33 bits per heavy atom. The topological polar surface area (TPSA) is 49.4 Å². The molecule has 0 aromatic rings. The van der Waals surface area contributed by atoms with Crippen LogP contribution in [0.25, 0.3) is 0 Å². The van der Waals surface area contributed by atoms with Crippen molar-refractivity contribution in [2.45, 2.75) is 26.3 Å². The average Bonchev–Trinajstić information content (AvgIpc) is 2.14. The number of nitrogens with one attached hydrogen (secondary N) is 1. The number of hydrogen-bond donors (Lipinski definition) is 1. The van der Waals surface area contributed by atoms with Crippen molar-refractivity contribution in [3.8, 4) is 0 Å². The third kappa shape index (κ3) is 4.75. The van der Waals surface area contributed by atoms with E-state index in [9.17, 15) is 9.00 Å². The zero-order valence-corrected chi connectivity index (χ0v) is 10.5. The summed E-state index contributed by atoms with van der Waals surface area (Å²) in [6, 6.07) is 0. The van der Waals surface area contributed by atoms with E-state index in [-0.39, 0.29) is 11.4 Å². The van der Waals surface area contributed by atoms with Gasteiger partial charge in [-0.15, -0.1) is 0 Å². The van der Waals surface area contributed by atoms with E-state index in [0.29, 0.717) is 31.1 Å². The Hall–Kier alpha value is -0.420. The lowest BCUT2D eigenvalue weighted by atomic mass is 10.1. The molecule has 1 heterocycles. The minimum Gasteiger partial charge on any atom is -0.340 e. The summed E-state index contributed by atoms with van der Waals surface area (Å²) in [6.07, 6.45) is 0. The molecule has 0 unspecified atom stereocenters. The highest BCUT2D eigenvalue weighted by Crippen LogP contribution is 2.02. The molecular formula is C10H20N2O2S. The number of amides is 1. The molecular weight excluding hydrogens is 212 g/mol. The van der Waals surface area contributed by atoms with E-state index < -0.39 is 10.8 Å². The summed E-state index contributed by atoms with van der Waals surface area (Å²) >= 11 is 0. The second-order valence-electron chi connectivity index (χ2n) is 4.83. The van der Waals surface area contributed by atoms with Crippen molar-refractivity contribution in [3.63, 3.8) is 0 Å². The van der Waals surface area contributed by atoms with Gasteiger partial charge in [-0.2, -0.15) is 0 Å². The quantitative estimate of drug-likeness (QED) is 0.727. The van der Waals surface area contributed by atoms with Gasteiger partial charge in [0.25, 0.3) is 0 Å². The van der Waals surface area contributed by atoms with Gasteiger partial charge in [-0.05, 0) is 20.8 Å². The van der Waals surface area contributed by atoms with Gasteiger partial charge in [-0.1, -0.05) is 0 Å². The fraction of sp³-hybridized carbons (Fsp3) is 0.900. The normalized spacial score (nSPS) is 19.3. The molecule has 0 bridgehead atoms. The van der Waals surface area contributed by atoms with E-state index in [1.54, 1.807) is 4.90 Å². The monoisotopic (exact) mass is 232 g/mol. The number of carbonyl (C=O) groups excluding carboxylic acids is 1. The zero-order chi connectivity index (χ0) is 11.5. The SMILES string of the molecule is CC(C)(C)NCC(=O)N1CCS(=O)CC1. The molecule has 4 nitrogen and oxygen atoms in total. The van der Waals surface area contributed by atoms with E-state index in [2.05, 4.69) is 5.32 Å². The van der Waals surface area contributed by atoms with E-state index >= 15 is 0 Å². The molecule has 1 amide bonds. The Bertz CT molecular complexity index is 251. The van der Waals surface area contributed by atoms with Crippen LogP contribution >= 0.6 is 0 Å². The molecule has 0 aliphatic carbocycles. The van der Waals surface area contributed by atoms with Crippen LogP contribution in [-0.4, -0.2) is 51.7 Å². The van der Waals surface area contributed by atoms with Crippen LogP contribution in [0.1, 0.15) is 20.8 Å². The highest BCUT2D eigenvalue weighted by Gasteiger charge is 2.20. The first-order valence-electron chi connectivity index (χ1n) is 5.26. The Kier molecular flexibility index (Phi) is 4.28. The fourth-order valence-corrected chi connectivity index (χ4v) is 2.39. The summed E-state index contributed by atoms with van der Waals surface area (Å²) in [5.41, 5.74) is -0.0335. The van der Waals surface area contributed by atoms with Crippen molar-refractivity contribution < 1.29 is 9.00 Å². The molecule has 0 aromatic heterocycles. The van der Waals surface area contributed by atoms with E-state index in [0.717, 1.165) is 0 Å². The highest BCUT2D eigenvalue weighted by atomic mass is 32.2. The highest BCUT2D eigenvalue weighted by molar-refractivity contribution is 7.85. The molecule has 1 rings (SSSR count). The van der Waals surface area contributed by atoms with Crippen LogP contribution < -0.4 is 5.32 Å². The van der Waals surface area contributed by atoms with Gasteiger partial charge in [0.15, 0.2) is 0 Å². The maximum Gasteiger partial charge on any atom is 0.236 e. The van der Waals surface area contributed by atoms with Crippen LogP contribution in [-0.2, 0) is 15.6 Å². The molecule has 0 radical (unpaired) electrons. The molecule has 1 aliphatic rings. The molecule has 1 fully saturated rings. The predicted octanol–water partition coefficient (Wildman–Crippen LogP) is -0.0346. The van der Waals surface area contributed by atoms with Crippen molar-refractivity contribution in [1.29, 1.82) is 0 Å². The lowest BCUT2D eigenvalue weighted by Crippen LogP contribution is -2.48. The van der Waals surface area contributed by atoms with Crippen molar-refractivity contribution in [3.05, 3.63) is 0 Å². The molecule has 15 heavy (non-hydrogen) atoms. The van der Waals surface area contributed by atoms with Gasteiger partial charge in [-0.3, -0.25) is 9.00 Å². The van der Waals surface area contributed by atoms with Gasteiger partial charge in [0.1, 0.15) is 0 Å². The zero-order valence-electron chi connectivity index (χ0n) is 9.71. The van der Waals surface area contributed by atoms with E-state index in [4.69, 9.17) is 0 Å². The molecule has 0 aromatic carbocycles. The Labute approximate surface area is 93.9 Å². The Morgan fingerprint density at radius 3 is 2.33 bits per heavy atom. The third-order valence-corrected chi connectivity index (χ3v) is 3.58. The molecule has 1 N–H and O–H groups in total. The lowest BCUT2D eigenvalue weighted by Gasteiger charge is -2.28. The maximum atomic E-state index is 11.7. The predicted molar refractivity (Wildman–Crippen MR) is 62.2 cm³/mol. The number of nitrogens with zero attached hydrogens (tertiary/aromatic N) is 1. The second kappa shape index (κ2) is 5.07. The summed E-state index contributed by atoms with van der Waals surface area (Å²) in [7, 11) is -0.713. The van der Waals surface area contributed by atoms with Crippen molar-refractivity contribution in [2.24, 2.45) is 0 Å². The first kappa shape index (κ1) is 12.6. The molecule has 88 valence electrons. The van der Waals surface area contributed by atoms with Gasteiger partial charge in [0.05, 0.1) is 6.54 Å². The molecule has 0 saturated carbocycles. The maximum absolute atomic E-state index is 11.7. The molecule has 0 atom stereocenters. The molecule has 0 spiro atoms. The minimum atomic E-state index is -0.713. The average molecular weight is 232 g/mol. The van der Waals surface area contributed by atoms with Crippen molar-refractivity contribution in [2.75, 3.05) is 31.1 Å². The van der Waals surface area contributed by atoms with Gasteiger partial charge in [0.2, 0.25) is 5.91 Å². The Balaban J connectivity index is 2.31. The first-order chi connectivity index (χ1) is 6.88. The summed E-state index contributed by atoms with van der Waals surface area (Å²) in [5, 5.41) is 3.16. The van der Waals surface area contributed by atoms with Gasteiger partial charge >= 0.3 is 0 Å². The molecule has 1 aliphatic heterocycles. The van der Waals surface area contributed by atoms with Crippen LogP contribution in [0.15, 0.2) is 0 Å². The van der Waals surface area contributed by atoms with Crippen LogP contribution in [0.2, 0.25) is 0 Å². The summed E-state index contributed by atoms with van der Waals surface area (Å²) in [6.45, 7) is 7.74. The van der Waals surface area contributed by atoms with Crippen molar-refractivity contribution in [1.82, 2.24) is 10.2 Å². The van der Waals surface area contributed by atoms with Crippen LogP contribution in [0.4, 0.5) is 0 Å². The number of carbonyl (C=O) groups is 1. The summed E-state index contributed by atoms with van der Waals surface area (Å²) in [5.74, 6) is 1.37. The summed E-state index contributed by atoms with van der Waals surface area (Å²) in [4.78, 5) is 13.5. The Morgan fingerprint density at radius 2 is 1.87 bits per heavy atom. The third-order valence-electron chi connectivity index (χ3n) is 2.30. The number of rotatable bonds is 2. The van der Waals surface area contributed by atoms with Crippen LogP contribution in [0.5, 0.6) is 0 Å². The minimum absolute atomic E-state index is 0.0335. The van der Waals surface area contributed by atoms with Crippen LogP contribution in [0.3, 0.4) is 0 Å². The largest absolute Gasteiger partial charge is 0.340 e. The van der Waals surface area contributed by atoms with Gasteiger partial charge < -0.3 is 10.2 Å². The molecule has 1 saturated heterocycles. The molecule has 5 heteroatoms. The summed E-state index contributed by atoms with van der Waals surface area (Å²) < 4.78 is 11.1.